The number of pyridine rings is 1. The Labute approximate surface area is 185 Å². The van der Waals surface area contributed by atoms with Crippen molar-refractivity contribution in [3.05, 3.63) is 83.6 Å². The first-order chi connectivity index (χ1) is 15.4. The van der Waals surface area contributed by atoms with Crippen molar-refractivity contribution < 1.29 is 18.3 Å². The van der Waals surface area contributed by atoms with Gasteiger partial charge in [0.25, 0.3) is 0 Å². The maximum atomic E-state index is 12.8. The minimum Gasteiger partial charge on any atom is -0.387 e. The summed E-state index contributed by atoms with van der Waals surface area (Å²) < 4.78 is 38.3. The molecule has 6 heteroatoms. The van der Waals surface area contributed by atoms with Crippen molar-refractivity contribution in [1.82, 2.24) is 9.88 Å². The molecule has 5 atom stereocenters. The zero-order valence-corrected chi connectivity index (χ0v) is 17.5. The number of aromatic nitrogens is 1. The van der Waals surface area contributed by atoms with E-state index in [1.165, 1.54) is 12.1 Å². The van der Waals surface area contributed by atoms with E-state index in [0.717, 1.165) is 60.1 Å². The van der Waals surface area contributed by atoms with Crippen molar-refractivity contribution in [2.24, 2.45) is 11.8 Å². The zero-order valence-electron chi connectivity index (χ0n) is 17.5. The molecule has 3 aliphatic rings. The Balaban J connectivity index is 1.30. The number of aliphatic hydroxyl groups excluding tert-OH is 1. The van der Waals surface area contributed by atoms with Gasteiger partial charge in [-0.25, -0.2) is 0 Å². The summed E-state index contributed by atoms with van der Waals surface area (Å²) >= 11 is 0. The lowest BCUT2D eigenvalue weighted by Crippen LogP contribution is -2.54. The molecule has 2 aromatic carbocycles. The maximum Gasteiger partial charge on any atom is 0.416 e. The van der Waals surface area contributed by atoms with Gasteiger partial charge in [-0.05, 0) is 66.6 Å². The molecule has 3 saturated heterocycles. The molecule has 0 amide bonds. The van der Waals surface area contributed by atoms with Gasteiger partial charge in [0.1, 0.15) is 0 Å². The van der Waals surface area contributed by atoms with Crippen LogP contribution in [0.2, 0.25) is 0 Å². The predicted octanol–water partition coefficient (Wildman–Crippen LogP) is 5.71. The quantitative estimate of drug-likeness (QED) is 0.567. The van der Waals surface area contributed by atoms with Crippen LogP contribution in [-0.4, -0.2) is 34.1 Å². The number of piperidine rings is 3. The molecule has 2 bridgehead atoms. The molecular weight excluding hydrogens is 413 g/mol. The van der Waals surface area contributed by atoms with Gasteiger partial charge in [0, 0.05) is 24.2 Å². The normalized spacial score (nSPS) is 26.6. The summed E-state index contributed by atoms with van der Waals surface area (Å²) in [6, 6.07) is 15.1. The first kappa shape index (κ1) is 21.2. The van der Waals surface area contributed by atoms with E-state index >= 15 is 0 Å². The lowest BCUT2D eigenvalue weighted by molar-refractivity contribution is -0.137. The van der Waals surface area contributed by atoms with Gasteiger partial charge < -0.3 is 5.11 Å². The number of hydrogen-bond acceptors (Lipinski definition) is 3. The van der Waals surface area contributed by atoms with Crippen LogP contribution < -0.4 is 0 Å². The van der Waals surface area contributed by atoms with Crippen molar-refractivity contribution >= 4 is 17.0 Å². The summed E-state index contributed by atoms with van der Waals surface area (Å²) in [6.45, 7) is 1.81. The van der Waals surface area contributed by atoms with Crippen molar-refractivity contribution in [3.63, 3.8) is 0 Å². The maximum absolute atomic E-state index is 12.8. The van der Waals surface area contributed by atoms with Crippen LogP contribution in [0, 0.1) is 11.8 Å². The van der Waals surface area contributed by atoms with Gasteiger partial charge in [0.2, 0.25) is 0 Å². The number of aliphatic hydroxyl groups is 1. The number of benzene rings is 2. The van der Waals surface area contributed by atoms with Gasteiger partial charge in [-0.15, -0.1) is 0 Å². The fourth-order valence-electron chi connectivity index (χ4n) is 5.26. The first-order valence-corrected chi connectivity index (χ1v) is 11.0. The SMILES string of the molecule is O[C@H](c1ccnc2ccccc12)[C@@H]1C[C@@H]2CCN1C[C@@H]2/C=C/c1ccc(C(F)(F)F)cc1. The van der Waals surface area contributed by atoms with Gasteiger partial charge in [0.05, 0.1) is 17.2 Å². The average Bonchev–Trinajstić information content (AvgIpc) is 2.82. The van der Waals surface area contributed by atoms with Crippen molar-refractivity contribution in [3.8, 4) is 0 Å². The molecule has 0 radical (unpaired) electrons. The Kier molecular flexibility index (Phi) is 5.51. The third-order valence-corrected chi connectivity index (χ3v) is 6.99. The highest BCUT2D eigenvalue weighted by molar-refractivity contribution is 5.82. The molecule has 1 aromatic heterocycles. The van der Waals surface area contributed by atoms with E-state index in [1.807, 2.05) is 36.4 Å². The summed E-state index contributed by atoms with van der Waals surface area (Å²) in [5, 5.41) is 12.3. The second-order valence-electron chi connectivity index (χ2n) is 8.85. The number of fused-ring (bicyclic) bond motifs is 4. The van der Waals surface area contributed by atoms with Crippen LogP contribution in [0.1, 0.15) is 35.6 Å². The topological polar surface area (TPSA) is 36.4 Å². The molecule has 0 aliphatic carbocycles. The summed E-state index contributed by atoms with van der Waals surface area (Å²) in [6.07, 6.45) is 2.90. The van der Waals surface area contributed by atoms with E-state index in [0.29, 0.717) is 11.8 Å². The molecule has 1 unspecified atom stereocenters. The standard InChI is InChI=1S/C26H25F3N2O/c27-26(28,29)20-9-6-17(7-10-20)5-8-19-16-31-14-12-18(19)15-24(31)25(32)22-11-13-30-23-4-2-1-3-21(22)23/h1-11,13,18-19,24-25,32H,12,14-16H2/b8-5+/t18-,19-,24-,25+/m0/s1. The van der Waals surface area contributed by atoms with Crippen molar-refractivity contribution in [2.75, 3.05) is 13.1 Å². The highest BCUT2D eigenvalue weighted by Crippen LogP contribution is 2.42. The molecule has 4 heterocycles. The monoisotopic (exact) mass is 438 g/mol. The van der Waals surface area contributed by atoms with Crippen LogP contribution in [0.5, 0.6) is 0 Å². The largest absolute Gasteiger partial charge is 0.416 e. The van der Waals surface area contributed by atoms with Gasteiger partial charge in [-0.2, -0.15) is 13.2 Å². The second kappa shape index (κ2) is 8.34. The van der Waals surface area contributed by atoms with E-state index in [2.05, 4.69) is 16.0 Å². The summed E-state index contributed by atoms with van der Waals surface area (Å²) in [7, 11) is 0. The number of rotatable bonds is 4. The van der Waals surface area contributed by atoms with Gasteiger partial charge >= 0.3 is 6.18 Å². The fraction of sp³-hybridized carbons (Fsp3) is 0.346. The number of hydrogen-bond donors (Lipinski definition) is 1. The van der Waals surface area contributed by atoms with Crippen LogP contribution >= 0.6 is 0 Å². The highest BCUT2D eigenvalue weighted by atomic mass is 19.4. The fourth-order valence-corrected chi connectivity index (χ4v) is 5.26. The molecular formula is C26H25F3N2O. The molecule has 3 fully saturated rings. The smallest absolute Gasteiger partial charge is 0.387 e. The number of nitrogens with zero attached hydrogens (tertiary/aromatic N) is 2. The van der Waals surface area contributed by atoms with Gasteiger partial charge in [0.15, 0.2) is 0 Å². The summed E-state index contributed by atoms with van der Waals surface area (Å²) in [5.41, 5.74) is 1.95. The Morgan fingerprint density at radius 3 is 2.56 bits per heavy atom. The van der Waals surface area contributed by atoms with Gasteiger partial charge in [-0.1, -0.05) is 42.5 Å². The Bertz CT molecular complexity index is 1120. The highest BCUT2D eigenvalue weighted by Gasteiger charge is 2.42. The van der Waals surface area contributed by atoms with E-state index < -0.39 is 17.8 Å². The molecule has 3 aliphatic heterocycles. The molecule has 3 aromatic rings. The van der Waals surface area contributed by atoms with E-state index in [9.17, 15) is 18.3 Å². The van der Waals surface area contributed by atoms with Crippen molar-refractivity contribution in [2.45, 2.75) is 31.2 Å². The summed E-state index contributed by atoms with van der Waals surface area (Å²) in [5.74, 6) is 0.794. The molecule has 32 heavy (non-hydrogen) atoms. The van der Waals surface area contributed by atoms with Crippen LogP contribution in [0.3, 0.4) is 0 Å². The lowest BCUT2D eigenvalue weighted by atomic mass is 9.73. The minimum absolute atomic E-state index is 0.0651. The van der Waals surface area contributed by atoms with Crippen LogP contribution in [0.15, 0.2) is 66.9 Å². The Morgan fingerprint density at radius 1 is 1.06 bits per heavy atom. The average molecular weight is 438 g/mol. The molecule has 1 N–H and O–H groups in total. The third kappa shape index (κ3) is 4.05. The van der Waals surface area contributed by atoms with E-state index in [4.69, 9.17) is 0 Å². The Hall–Kier alpha value is -2.70. The molecule has 0 spiro atoms. The number of para-hydroxylation sites is 1. The zero-order chi connectivity index (χ0) is 22.3. The minimum atomic E-state index is -4.31. The van der Waals surface area contributed by atoms with E-state index in [1.54, 1.807) is 6.20 Å². The Morgan fingerprint density at radius 2 is 1.84 bits per heavy atom. The van der Waals surface area contributed by atoms with Crippen molar-refractivity contribution in [1.29, 1.82) is 0 Å². The molecule has 166 valence electrons. The molecule has 3 nitrogen and oxygen atoms in total. The molecule has 0 saturated carbocycles. The number of alkyl halides is 3. The second-order valence-corrected chi connectivity index (χ2v) is 8.85. The van der Waals surface area contributed by atoms with Crippen LogP contribution in [-0.2, 0) is 6.18 Å². The number of halogens is 3. The predicted molar refractivity (Wildman–Crippen MR) is 119 cm³/mol. The van der Waals surface area contributed by atoms with E-state index in [-0.39, 0.29) is 6.04 Å². The lowest BCUT2D eigenvalue weighted by Gasteiger charge is -2.50. The van der Waals surface area contributed by atoms with Gasteiger partial charge in [-0.3, -0.25) is 9.88 Å². The van der Waals surface area contributed by atoms with Crippen LogP contribution in [0.25, 0.3) is 17.0 Å². The first-order valence-electron chi connectivity index (χ1n) is 11.0. The van der Waals surface area contributed by atoms with Crippen LogP contribution in [0.4, 0.5) is 13.2 Å². The molecule has 6 rings (SSSR count). The third-order valence-electron chi connectivity index (χ3n) is 6.99. The summed E-state index contributed by atoms with van der Waals surface area (Å²) in [4.78, 5) is 6.77.